The van der Waals surface area contributed by atoms with Gasteiger partial charge in [-0.15, -0.1) is 0 Å². The van der Waals surface area contributed by atoms with E-state index in [-0.39, 0.29) is 0 Å². The minimum Gasteiger partial charge on any atom is -0.409 e. The van der Waals surface area contributed by atoms with E-state index in [0.29, 0.717) is 18.5 Å². The van der Waals surface area contributed by atoms with Gasteiger partial charge in [-0.1, -0.05) is 29.4 Å². The molecule has 2 N–H and O–H groups in total. The van der Waals surface area contributed by atoms with Crippen LogP contribution in [-0.2, 0) is 16.1 Å². The Bertz CT molecular complexity index is 411. The summed E-state index contributed by atoms with van der Waals surface area (Å²) in [5.74, 6) is 0.455. The molecule has 1 saturated heterocycles. The number of hydrogen-bond acceptors (Lipinski definition) is 4. The van der Waals surface area contributed by atoms with Gasteiger partial charge in [-0.25, -0.2) is 0 Å². The number of oxime groups is 1. The van der Waals surface area contributed by atoms with Crippen molar-refractivity contribution in [2.75, 3.05) is 20.3 Å². The van der Waals surface area contributed by atoms with E-state index in [0.717, 1.165) is 37.2 Å². The van der Waals surface area contributed by atoms with Gasteiger partial charge in [0.25, 0.3) is 0 Å². The largest absolute Gasteiger partial charge is 0.409 e. The molecule has 2 rings (SSSR count). The third-order valence-corrected chi connectivity index (χ3v) is 3.22. The average molecular weight is 264 g/mol. The summed E-state index contributed by atoms with van der Waals surface area (Å²) >= 11 is 0. The van der Waals surface area contributed by atoms with Crippen LogP contribution in [0.1, 0.15) is 24.0 Å². The van der Waals surface area contributed by atoms with E-state index in [1.54, 1.807) is 7.05 Å². The monoisotopic (exact) mass is 264 g/mol. The smallest absolute Gasteiger partial charge is 0.172 e. The van der Waals surface area contributed by atoms with Gasteiger partial charge in [0.1, 0.15) is 0 Å². The molecule has 1 aliphatic heterocycles. The fraction of sp³-hybridized carbons (Fsp3) is 0.500. The number of benzene rings is 1. The number of hydrogen-bond donors (Lipinski definition) is 2. The van der Waals surface area contributed by atoms with E-state index in [2.05, 4.69) is 10.5 Å². The van der Waals surface area contributed by atoms with Crippen molar-refractivity contribution in [3.05, 3.63) is 35.4 Å². The molecule has 0 amide bonds. The lowest BCUT2D eigenvalue weighted by molar-refractivity contribution is -0.0390. The first-order chi connectivity index (χ1) is 9.33. The minimum atomic E-state index is 0.306. The van der Waals surface area contributed by atoms with Crippen molar-refractivity contribution in [2.24, 2.45) is 5.16 Å². The minimum absolute atomic E-state index is 0.306. The summed E-state index contributed by atoms with van der Waals surface area (Å²) < 4.78 is 11.1. The summed E-state index contributed by atoms with van der Waals surface area (Å²) in [4.78, 5) is 0. The van der Waals surface area contributed by atoms with E-state index in [9.17, 15) is 0 Å². The Kier molecular flexibility index (Phi) is 5.18. The van der Waals surface area contributed by atoms with Gasteiger partial charge in [-0.2, -0.15) is 0 Å². The molecule has 104 valence electrons. The molecule has 1 aromatic rings. The number of rotatable bonds is 4. The van der Waals surface area contributed by atoms with Gasteiger partial charge < -0.3 is 20.0 Å². The Labute approximate surface area is 113 Å². The van der Waals surface area contributed by atoms with Crippen LogP contribution in [0.4, 0.5) is 0 Å². The fourth-order valence-electron chi connectivity index (χ4n) is 2.07. The van der Waals surface area contributed by atoms with Crippen molar-refractivity contribution in [1.29, 1.82) is 0 Å². The lowest BCUT2D eigenvalue weighted by atomic mass is 10.1. The Morgan fingerprint density at radius 2 is 2.05 bits per heavy atom. The average Bonchev–Trinajstić information content (AvgIpc) is 2.49. The van der Waals surface area contributed by atoms with Crippen LogP contribution < -0.4 is 5.32 Å². The normalized spacial score (nSPS) is 17.4. The maximum absolute atomic E-state index is 8.81. The van der Waals surface area contributed by atoms with Crippen molar-refractivity contribution < 1.29 is 14.7 Å². The van der Waals surface area contributed by atoms with Gasteiger partial charge >= 0.3 is 0 Å². The Hall–Kier alpha value is -1.59. The molecular formula is C14H20N2O3. The van der Waals surface area contributed by atoms with Crippen LogP contribution in [0.25, 0.3) is 0 Å². The molecule has 0 unspecified atom stereocenters. The van der Waals surface area contributed by atoms with E-state index < -0.39 is 0 Å². The van der Waals surface area contributed by atoms with Crippen LogP contribution in [0.15, 0.2) is 29.4 Å². The molecular weight excluding hydrogens is 244 g/mol. The second-order valence-corrected chi connectivity index (χ2v) is 4.52. The molecule has 0 radical (unpaired) electrons. The maximum Gasteiger partial charge on any atom is 0.172 e. The van der Waals surface area contributed by atoms with E-state index in [1.807, 2.05) is 24.3 Å². The molecule has 0 bridgehead atoms. The third kappa shape index (κ3) is 3.94. The summed E-state index contributed by atoms with van der Waals surface area (Å²) in [6, 6.07) is 7.79. The van der Waals surface area contributed by atoms with Crippen LogP contribution in [0, 0.1) is 0 Å². The van der Waals surface area contributed by atoms with Crippen molar-refractivity contribution in [3.8, 4) is 0 Å². The molecule has 0 aliphatic carbocycles. The number of amidine groups is 1. The predicted octanol–water partition coefficient (Wildman–Crippen LogP) is 1.74. The van der Waals surface area contributed by atoms with Gasteiger partial charge in [-0.05, 0) is 18.4 Å². The van der Waals surface area contributed by atoms with Gasteiger partial charge in [0, 0.05) is 25.8 Å². The maximum atomic E-state index is 8.81. The fourth-order valence-corrected chi connectivity index (χ4v) is 2.07. The lowest BCUT2D eigenvalue weighted by Crippen LogP contribution is -2.23. The topological polar surface area (TPSA) is 63.1 Å². The highest BCUT2D eigenvalue weighted by molar-refractivity contribution is 5.98. The zero-order valence-electron chi connectivity index (χ0n) is 11.1. The van der Waals surface area contributed by atoms with Crippen LogP contribution in [0.3, 0.4) is 0 Å². The zero-order valence-corrected chi connectivity index (χ0v) is 11.1. The second-order valence-electron chi connectivity index (χ2n) is 4.52. The molecule has 19 heavy (non-hydrogen) atoms. The predicted molar refractivity (Wildman–Crippen MR) is 72.5 cm³/mol. The van der Waals surface area contributed by atoms with Crippen LogP contribution in [-0.4, -0.2) is 37.4 Å². The van der Waals surface area contributed by atoms with Gasteiger partial charge in [0.15, 0.2) is 5.84 Å². The van der Waals surface area contributed by atoms with Crippen LogP contribution in [0.2, 0.25) is 0 Å². The molecule has 1 aromatic carbocycles. The molecule has 0 saturated carbocycles. The van der Waals surface area contributed by atoms with Crippen LogP contribution in [0.5, 0.6) is 0 Å². The van der Waals surface area contributed by atoms with Crippen molar-refractivity contribution >= 4 is 5.84 Å². The van der Waals surface area contributed by atoms with Gasteiger partial charge in [-0.3, -0.25) is 0 Å². The quantitative estimate of drug-likeness (QED) is 0.376. The SMILES string of the molecule is CN/C(=N\O)c1ccc(COC2CCOCC2)cc1. The summed E-state index contributed by atoms with van der Waals surface area (Å²) in [7, 11) is 1.72. The summed E-state index contributed by atoms with van der Waals surface area (Å²) in [6.45, 7) is 2.19. The number of ether oxygens (including phenoxy) is 2. The van der Waals surface area contributed by atoms with E-state index in [4.69, 9.17) is 14.7 Å². The van der Waals surface area contributed by atoms with Crippen molar-refractivity contribution in [3.63, 3.8) is 0 Å². The standard InChI is InChI=1S/C14H20N2O3/c1-15-14(16-17)12-4-2-11(3-5-12)10-19-13-6-8-18-9-7-13/h2-5,13,17H,6-10H2,1H3,(H,15,16). The zero-order chi connectivity index (χ0) is 13.5. The molecule has 5 nitrogen and oxygen atoms in total. The van der Waals surface area contributed by atoms with Gasteiger partial charge in [0.2, 0.25) is 0 Å². The highest BCUT2D eigenvalue weighted by atomic mass is 16.5. The van der Waals surface area contributed by atoms with E-state index >= 15 is 0 Å². The van der Waals surface area contributed by atoms with Crippen molar-refractivity contribution in [2.45, 2.75) is 25.6 Å². The van der Waals surface area contributed by atoms with E-state index in [1.165, 1.54) is 0 Å². The Balaban J connectivity index is 1.87. The highest BCUT2D eigenvalue weighted by Gasteiger charge is 2.13. The first-order valence-corrected chi connectivity index (χ1v) is 6.52. The summed E-state index contributed by atoms with van der Waals surface area (Å²) in [5, 5.41) is 14.8. The first-order valence-electron chi connectivity index (χ1n) is 6.52. The molecule has 1 heterocycles. The summed E-state index contributed by atoms with van der Waals surface area (Å²) in [6.07, 6.45) is 2.25. The molecule has 1 aliphatic rings. The molecule has 5 heteroatoms. The summed E-state index contributed by atoms with van der Waals surface area (Å²) in [5.41, 5.74) is 1.96. The van der Waals surface area contributed by atoms with Crippen LogP contribution >= 0.6 is 0 Å². The first kappa shape index (κ1) is 13.8. The second kappa shape index (κ2) is 7.11. The van der Waals surface area contributed by atoms with Gasteiger partial charge in [0.05, 0.1) is 12.7 Å². The number of nitrogens with one attached hydrogen (secondary N) is 1. The lowest BCUT2D eigenvalue weighted by Gasteiger charge is -2.22. The number of nitrogens with zero attached hydrogens (tertiary/aromatic N) is 1. The molecule has 0 aromatic heterocycles. The molecule has 0 spiro atoms. The van der Waals surface area contributed by atoms with Crippen molar-refractivity contribution in [1.82, 2.24) is 5.32 Å². The third-order valence-electron chi connectivity index (χ3n) is 3.22. The Morgan fingerprint density at radius 3 is 2.63 bits per heavy atom. The highest BCUT2D eigenvalue weighted by Crippen LogP contribution is 2.14. The molecule has 0 atom stereocenters. The Morgan fingerprint density at radius 1 is 1.37 bits per heavy atom. The molecule has 1 fully saturated rings.